The lowest BCUT2D eigenvalue weighted by Gasteiger charge is -2.27. The summed E-state index contributed by atoms with van der Waals surface area (Å²) >= 11 is 0.694. The van der Waals surface area contributed by atoms with Gasteiger partial charge in [-0.05, 0) is 43.3 Å². The van der Waals surface area contributed by atoms with Gasteiger partial charge in [0.25, 0.3) is 0 Å². The number of nitrogen functional groups attached to an aromatic ring is 1. The van der Waals surface area contributed by atoms with E-state index in [1.165, 1.54) is 19.1 Å². The van der Waals surface area contributed by atoms with Gasteiger partial charge in [0.1, 0.15) is 22.5 Å². The third-order valence-electron chi connectivity index (χ3n) is 4.61. The second kappa shape index (κ2) is 10.3. The SMILES string of the molecule is C[C@H](C(N)=O)N(c1ccc(OC(F)(F)F)c(F)c1)c1nc(N)c(C(=O)c2ccc(OC(F)F)cc2)s1. The second-order valence-corrected chi connectivity index (χ2v) is 8.03. The molecule has 0 radical (unpaired) electrons. The molecule has 0 bridgehead atoms. The summed E-state index contributed by atoms with van der Waals surface area (Å²) in [5, 5.41) is -0.0938. The van der Waals surface area contributed by atoms with E-state index in [1.807, 2.05) is 0 Å². The number of halogens is 6. The van der Waals surface area contributed by atoms with Crippen molar-refractivity contribution in [2.24, 2.45) is 5.73 Å². The van der Waals surface area contributed by atoms with Gasteiger partial charge in [0.15, 0.2) is 16.7 Å². The largest absolute Gasteiger partial charge is 0.573 e. The van der Waals surface area contributed by atoms with Gasteiger partial charge < -0.3 is 25.8 Å². The molecule has 0 saturated heterocycles. The number of carbonyl (C=O) groups excluding carboxylic acids is 2. The van der Waals surface area contributed by atoms with Gasteiger partial charge in [-0.3, -0.25) is 9.59 Å². The zero-order valence-corrected chi connectivity index (χ0v) is 18.9. The van der Waals surface area contributed by atoms with Crippen LogP contribution in [0.1, 0.15) is 22.2 Å². The molecule has 192 valence electrons. The fraction of sp³-hybridized carbons (Fsp3) is 0.190. The van der Waals surface area contributed by atoms with E-state index in [2.05, 4.69) is 14.5 Å². The summed E-state index contributed by atoms with van der Waals surface area (Å²) < 4.78 is 84.2. The highest BCUT2D eigenvalue weighted by Gasteiger charge is 2.33. The topological polar surface area (TPSA) is 121 Å². The smallest absolute Gasteiger partial charge is 0.435 e. The Morgan fingerprint density at radius 1 is 1.11 bits per heavy atom. The molecule has 3 rings (SSSR count). The van der Waals surface area contributed by atoms with Gasteiger partial charge in [-0.2, -0.15) is 8.78 Å². The Kier molecular flexibility index (Phi) is 7.62. The first-order valence-corrected chi connectivity index (χ1v) is 10.6. The molecule has 2 aromatic carbocycles. The van der Waals surface area contributed by atoms with Gasteiger partial charge in [0, 0.05) is 17.3 Å². The minimum absolute atomic E-state index is 0.0488. The molecule has 36 heavy (non-hydrogen) atoms. The average molecular weight is 534 g/mol. The number of ether oxygens (including phenoxy) is 2. The number of thiazole rings is 1. The number of hydrogen-bond donors (Lipinski definition) is 2. The summed E-state index contributed by atoms with van der Waals surface area (Å²) in [5.74, 6) is -4.49. The highest BCUT2D eigenvalue weighted by Crippen LogP contribution is 2.38. The summed E-state index contributed by atoms with van der Waals surface area (Å²) in [7, 11) is 0. The summed E-state index contributed by atoms with van der Waals surface area (Å²) in [6, 6.07) is 5.93. The minimum Gasteiger partial charge on any atom is -0.435 e. The van der Waals surface area contributed by atoms with Crippen LogP contribution < -0.4 is 25.8 Å². The van der Waals surface area contributed by atoms with Crippen LogP contribution in [-0.2, 0) is 4.79 Å². The van der Waals surface area contributed by atoms with Gasteiger partial charge in [-0.15, -0.1) is 13.2 Å². The standard InChI is InChI=1S/C21H16F6N4O4S/c1-9(18(29)33)31(11-4-7-14(13(22)8-11)35-21(25,26)27)20-30-17(28)16(36-20)15(32)10-2-5-12(6-3-10)34-19(23)24/h2-9,19H,28H2,1H3,(H2,29,33)/t9-/m1/s1. The Balaban J connectivity index is 1.97. The minimum atomic E-state index is -5.13. The van der Waals surface area contributed by atoms with Crippen LogP contribution in [0.15, 0.2) is 42.5 Å². The van der Waals surface area contributed by atoms with Crippen molar-refractivity contribution in [3.05, 3.63) is 58.7 Å². The van der Waals surface area contributed by atoms with E-state index >= 15 is 0 Å². The molecule has 1 heterocycles. The fourth-order valence-corrected chi connectivity index (χ4v) is 4.03. The number of rotatable bonds is 9. The van der Waals surface area contributed by atoms with E-state index < -0.39 is 42.3 Å². The number of primary amides is 1. The Morgan fingerprint density at radius 2 is 1.75 bits per heavy atom. The lowest BCUT2D eigenvalue weighted by Crippen LogP contribution is -2.40. The number of amides is 1. The summed E-state index contributed by atoms with van der Waals surface area (Å²) in [4.78, 5) is 29.8. The van der Waals surface area contributed by atoms with Crippen LogP contribution in [0.4, 0.5) is 43.0 Å². The molecule has 1 atom stereocenters. The lowest BCUT2D eigenvalue weighted by molar-refractivity contribution is -0.275. The van der Waals surface area contributed by atoms with Crippen LogP contribution in [0, 0.1) is 5.82 Å². The van der Waals surface area contributed by atoms with Gasteiger partial charge >= 0.3 is 13.0 Å². The third kappa shape index (κ3) is 6.16. The number of nitrogens with zero attached hydrogens (tertiary/aromatic N) is 2. The second-order valence-electron chi connectivity index (χ2n) is 7.05. The average Bonchev–Trinajstić information content (AvgIpc) is 3.15. The van der Waals surface area contributed by atoms with Crippen LogP contribution in [0.25, 0.3) is 0 Å². The molecular formula is C21H16F6N4O4S. The number of ketones is 1. The van der Waals surface area contributed by atoms with Crippen LogP contribution in [-0.4, -0.2) is 35.7 Å². The molecule has 0 saturated carbocycles. The van der Waals surface area contributed by atoms with Crippen molar-refractivity contribution in [2.75, 3.05) is 10.6 Å². The number of hydrogen-bond acceptors (Lipinski definition) is 8. The highest BCUT2D eigenvalue weighted by atomic mass is 32.1. The van der Waals surface area contributed by atoms with Crippen molar-refractivity contribution < 1.29 is 45.4 Å². The van der Waals surface area contributed by atoms with Crippen LogP contribution in [0.2, 0.25) is 0 Å². The van der Waals surface area contributed by atoms with Gasteiger partial charge in [-0.25, -0.2) is 9.37 Å². The Labute approximate surface area is 203 Å². The van der Waals surface area contributed by atoms with E-state index in [4.69, 9.17) is 11.5 Å². The molecule has 8 nitrogen and oxygen atoms in total. The van der Waals surface area contributed by atoms with E-state index in [-0.39, 0.29) is 32.8 Å². The van der Waals surface area contributed by atoms with Crippen LogP contribution >= 0.6 is 11.3 Å². The Hall–Kier alpha value is -4.01. The fourth-order valence-electron chi connectivity index (χ4n) is 2.98. The van der Waals surface area contributed by atoms with Gasteiger partial charge in [0.2, 0.25) is 11.7 Å². The molecule has 0 spiro atoms. The Morgan fingerprint density at radius 3 is 2.28 bits per heavy atom. The molecule has 1 amide bonds. The lowest BCUT2D eigenvalue weighted by atomic mass is 10.1. The third-order valence-corrected chi connectivity index (χ3v) is 5.68. The van der Waals surface area contributed by atoms with Crippen molar-refractivity contribution in [3.63, 3.8) is 0 Å². The van der Waals surface area contributed by atoms with Crippen molar-refractivity contribution in [3.8, 4) is 11.5 Å². The Bertz CT molecular complexity index is 1270. The maximum absolute atomic E-state index is 14.3. The molecular weight excluding hydrogens is 518 g/mol. The zero-order chi connectivity index (χ0) is 26.8. The first-order chi connectivity index (χ1) is 16.8. The number of anilines is 3. The normalized spacial score (nSPS) is 12.3. The molecule has 0 aliphatic rings. The van der Waals surface area contributed by atoms with Gasteiger partial charge in [-0.1, -0.05) is 11.3 Å². The molecule has 0 unspecified atom stereocenters. The molecule has 15 heteroatoms. The number of benzene rings is 2. The predicted octanol–water partition coefficient (Wildman–Crippen LogP) is 4.61. The highest BCUT2D eigenvalue weighted by molar-refractivity contribution is 7.18. The quantitative estimate of drug-likeness (QED) is 0.304. The van der Waals surface area contributed by atoms with Crippen molar-refractivity contribution in [1.82, 2.24) is 4.98 Å². The van der Waals surface area contributed by atoms with Crippen molar-refractivity contribution >= 4 is 39.7 Å². The predicted molar refractivity (Wildman–Crippen MR) is 117 cm³/mol. The molecule has 3 aromatic rings. The van der Waals surface area contributed by atoms with Crippen molar-refractivity contribution in [1.29, 1.82) is 0 Å². The van der Waals surface area contributed by atoms with Crippen LogP contribution in [0.3, 0.4) is 0 Å². The first kappa shape index (κ1) is 26.6. The number of carbonyl (C=O) groups is 2. The van der Waals surface area contributed by atoms with Crippen LogP contribution in [0.5, 0.6) is 11.5 Å². The monoisotopic (exact) mass is 534 g/mol. The maximum Gasteiger partial charge on any atom is 0.573 e. The molecule has 0 aliphatic carbocycles. The number of nitrogens with two attached hydrogens (primary N) is 2. The van der Waals surface area contributed by atoms with Gasteiger partial charge in [0.05, 0.1) is 0 Å². The van der Waals surface area contributed by atoms with Crippen molar-refractivity contribution in [2.45, 2.75) is 25.9 Å². The van der Waals surface area contributed by atoms with E-state index in [9.17, 15) is 35.9 Å². The zero-order valence-electron chi connectivity index (χ0n) is 18.1. The summed E-state index contributed by atoms with van der Waals surface area (Å²) in [6.45, 7) is -1.73. The first-order valence-electron chi connectivity index (χ1n) is 9.76. The van der Waals surface area contributed by atoms with E-state index in [0.717, 1.165) is 23.1 Å². The maximum atomic E-state index is 14.3. The van der Waals surface area contributed by atoms with E-state index in [0.29, 0.717) is 23.5 Å². The number of alkyl halides is 5. The number of aromatic nitrogens is 1. The molecule has 1 aromatic heterocycles. The molecule has 0 aliphatic heterocycles. The summed E-state index contributed by atoms with van der Waals surface area (Å²) in [5.41, 5.74) is 11.2. The summed E-state index contributed by atoms with van der Waals surface area (Å²) in [6.07, 6.45) is -5.13. The molecule has 4 N–H and O–H groups in total. The molecule has 0 fully saturated rings. The van der Waals surface area contributed by atoms with E-state index in [1.54, 1.807) is 0 Å².